The van der Waals surface area contributed by atoms with Gasteiger partial charge in [0.1, 0.15) is 5.82 Å². The molecule has 2 N–H and O–H groups in total. The molecule has 28 heavy (non-hydrogen) atoms. The van der Waals surface area contributed by atoms with E-state index in [4.69, 9.17) is 23.2 Å². The maximum atomic E-state index is 13.6. The Morgan fingerprint density at radius 1 is 1.18 bits per heavy atom. The highest BCUT2D eigenvalue weighted by Crippen LogP contribution is 2.26. The third kappa shape index (κ3) is 3.46. The average Bonchev–Trinajstić information content (AvgIpc) is 3.04. The molecule has 2 aromatic heterocycles. The molecule has 0 aliphatic rings. The zero-order chi connectivity index (χ0) is 19.8. The van der Waals surface area contributed by atoms with Crippen molar-refractivity contribution in [1.82, 2.24) is 19.5 Å². The van der Waals surface area contributed by atoms with Crippen LogP contribution in [0.5, 0.6) is 0 Å². The van der Waals surface area contributed by atoms with Gasteiger partial charge < -0.3 is 10.3 Å². The lowest BCUT2D eigenvalue weighted by Crippen LogP contribution is -2.19. The molecule has 142 valence electrons. The molecule has 0 amide bonds. The maximum absolute atomic E-state index is 13.6. The van der Waals surface area contributed by atoms with Gasteiger partial charge in [-0.3, -0.25) is 9.36 Å². The van der Waals surface area contributed by atoms with Gasteiger partial charge in [0.05, 0.1) is 6.54 Å². The highest BCUT2D eigenvalue weighted by molar-refractivity contribution is 6.31. The Kier molecular flexibility index (Phi) is 4.78. The first-order valence-electron chi connectivity index (χ1n) is 8.35. The van der Waals surface area contributed by atoms with Gasteiger partial charge in [-0.15, -0.1) is 0 Å². The molecule has 2 aromatic carbocycles. The number of hydrogen-bond acceptors (Lipinski definition) is 4. The van der Waals surface area contributed by atoms with Gasteiger partial charge in [0.25, 0.3) is 0 Å². The van der Waals surface area contributed by atoms with Crippen LogP contribution in [0.4, 0.5) is 16.0 Å². The number of fused-ring (bicyclic) bond motifs is 1. The number of aromatic amines is 1. The van der Waals surface area contributed by atoms with Crippen LogP contribution in [0.2, 0.25) is 10.3 Å². The minimum atomic E-state index is -0.507. The Morgan fingerprint density at radius 2 is 1.96 bits per heavy atom. The normalized spacial score (nSPS) is 11.1. The fraction of sp³-hybridized carbons (Fsp3) is 0.105. The molecule has 0 fully saturated rings. The van der Waals surface area contributed by atoms with E-state index in [2.05, 4.69) is 20.3 Å². The van der Waals surface area contributed by atoms with Gasteiger partial charge in [-0.1, -0.05) is 29.8 Å². The second kappa shape index (κ2) is 7.26. The van der Waals surface area contributed by atoms with Crippen molar-refractivity contribution in [3.63, 3.8) is 0 Å². The molecule has 0 bridgehead atoms. The van der Waals surface area contributed by atoms with Gasteiger partial charge in [-0.25, -0.2) is 4.39 Å². The van der Waals surface area contributed by atoms with E-state index in [0.717, 1.165) is 5.56 Å². The number of hydrogen-bond donors (Lipinski definition) is 2. The Bertz CT molecular complexity index is 1250. The highest BCUT2D eigenvalue weighted by Gasteiger charge is 2.16. The minimum Gasteiger partial charge on any atom is -0.325 e. The maximum Gasteiger partial charge on any atom is 0.300 e. The minimum absolute atomic E-state index is 0.0676. The summed E-state index contributed by atoms with van der Waals surface area (Å²) < 4.78 is 15.3. The molecule has 0 atom stereocenters. The Hall–Kier alpha value is -2.90. The molecule has 2 heterocycles. The van der Waals surface area contributed by atoms with Crippen molar-refractivity contribution in [2.24, 2.45) is 0 Å². The number of nitrogens with one attached hydrogen (secondary N) is 2. The molecule has 4 rings (SSSR count). The van der Waals surface area contributed by atoms with Crippen molar-refractivity contribution in [2.75, 3.05) is 5.32 Å². The molecule has 0 saturated heterocycles. The van der Waals surface area contributed by atoms with E-state index in [1.165, 1.54) is 12.1 Å². The van der Waals surface area contributed by atoms with E-state index in [-0.39, 0.29) is 29.1 Å². The summed E-state index contributed by atoms with van der Waals surface area (Å²) in [6, 6.07) is 11.5. The van der Waals surface area contributed by atoms with Crippen molar-refractivity contribution < 1.29 is 4.39 Å². The highest BCUT2D eigenvalue weighted by atomic mass is 35.5. The van der Waals surface area contributed by atoms with Gasteiger partial charge in [-0.2, -0.15) is 9.97 Å². The first kappa shape index (κ1) is 18.5. The summed E-state index contributed by atoms with van der Waals surface area (Å²) in [5.74, 6) is -0.113. The van der Waals surface area contributed by atoms with Gasteiger partial charge in [0.15, 0.2) is 11.2 Å². The molecule has 9 heteroatoms. The molecule has 0 spiro atoms. The molecule has 0 unspecified atom stereocenters. The van der Waals surface area contributed by atoms with Crippen LogP contribution in [0, 0.1) is 12.7 Å². The summed E-state index contributed by atoms with van der Waals surface area (Å²) in [5, 5.41) is 3.78. The van der Waals surface area contributed by atoms with Crippen LogP contribution >= 0.6 is 23.2 Å². The predicted molar refractivity (Wildman–Crippen MR) is 108 cm³/mol. The summed E-state index contributed by atoms with van der Waals surface area (Å²) in [4.78, 5) is 23.5. The average molecular weight is 418 g/mol. The van der Waals surface area contributed by atoms with Gasteiger partial charge in [0.2, 0.25) is 11.2 Å². The molecule has 0 radical (unpaired) electrons. The number of aromatic nitrogens is 4. The van der Waals surface area contributed by atoms with E-state index in [1.807, 2.05) is 13.0 Å². The van der Waals surface area contributed by atoms with E-state index >= 15 is 0 Å². The third-order valence-electron chi connectivity index (χ3n) is 4.33. The third-order valence-corrected chi connectivity index (χ3v) is 4.92. The van der Waals surface area contributed by atoms with Crippen LogP contribution in [0.25, 0.3) is 11.2 Å². The predicted octanol–water partition coefficient (Wildman–Crippen LogP) is 4.67. The Labute approximate surface area is 169 Å². The standard InChI is InChI=1S/C19H14Cl2FN5O/c1-10-13(20)6-3-7-14(10)23-19-26-17(28)15-16(25-18(21)24-15)27(19)9-11-4-2-5-12(22)8-11/h2-8H,9H2,1H3,(H,24,25)(H,23,26,28). The smallest absolute Gasteiger partial charge is 0.300 e. The Balaban J connectivity index is 1.89. The number of anilines is 2. The van der Waals surface area contributed by atoms with E-state index < -0.39 is 5.56 Å². The molecule has 4 aromatic rings. The molecule has 0 aliphatic heterocycles. The SMILES string of the molecule is Cc1c(Cl)cccc1Nc1nc(=O)c2[nH]c(Cl)nc2n1Cc1cccc(F)c1. The van der Waals surface area contributed by atoms with Crippen molar-refractivity contribution in [2.45, 2.75) is 13.5 Å². The van der Waals surface area contributed by atoms with Crippen LogP contribution in [0.15, 0.2) is 47.3 Å². The van der Waals surface area contributed by atoms with Crippen molar-refractivity contribution in [1.29, 1.82) is 0 Å². The monoisotopic (exact) mass is 417 g/mol. The van der Waals surface area contributed by atoms with E-state index in [9.17, 15) is 9.18 Å². The van der Waals surface area contributed by atoms with Crippen LogP contribution in [0.3, 0.4) is 0 Å². The van der Waals surface area contributed by atoms with E-state index in [0.29, 0.717) is 21.9 Å². The summed E-state index contributed by atoms with van der Waals surface area (Å²) >= 11 is 12.2. The number of benzene rings is 2. The molecule has 0 saturated carbocycles. The quantitative estimate of drug-likeness (QED) is 0.473. The van der Waals surface area contributed by atoms with Crippen molar-refractivity contribution in [3.8, 4) is 0 Å². The van der Waals surface area contributed by atoms with Crippen molar-refractivity contribution in [3.05, 3.63) is 80.1 Å². The second-order valence-electron chi connectivity index (χ2n) is 6.22. The van der Waals surface area contributed by atoms with Gasteiger partial charge in [-0.05, 0) is 53.9 Å². The molecule has 0 aliphatic carbocycles. The first-order valence-corrected chi connectivity index (χ1v) is 9.10. The number of halogens is 3. The Morgan fingerprint density at radius 3 is 2.75 bits per heavy atom. The lowest BCUT2D eigenvalue weighted by molar-refractivity contribution is 0.623. The first-order chi connectivity index (χ1) is 13.4. The summed E-state index contributed by atoms with van der Waals surface area (Å²) in [6.45, 7) is 2.08. The van der Waals surface area contributed by atoms with Crippen LogP contribution < -0.4 is 10.9 Å². The summed E-state index contributed by atoms with van der Waals surface area (Å²) in [5.41, 5.74) is 2.15. The van der Waals surface area contributed by atoms with Gasteiger partial charge in [0, 0.05) is 10.7 Å². The number of H-pyrrole nitrogens is 1. The van der Waals surface area contributed by atoms with Crippen molar-refractivity contribution >= 4 is 46.0 Å². The lowest BCUT2D eigenvalue weighted by atomic mass is 10.2. The second-order valence-corrected chi connectivity index (χ2v) is 6.99. The van der Waals surface area contributed by atoms with E-state index in [1.54, 1.807) is 28.8 Å². The number of nitrogens with zero attached hydrogens (tertiary/aromatic N) is 3. The number of imidazole rings is 1. The van der Waals surface area contributed by atoms with Crippen LogP contribution in [-0.4, -0.2) is 19.5 Å². The molecular formula is C19H14Cl2FN5O. The summed E-state index contributed by atoms with van der Waals surface area (Å²) in [7, 11) is 0. The van der Waals surface area contributed by atoms with Gasteiger partial charge >= 0.3 is 5.56 Å². The summed E-state index contributed by atoms with van der Waals surface area (Å²) in [6.07, 6.45) is 0. The number of rotatable bonds is 4. The van der Waals surface area contributed by atoms with Crippen LogP contribution in [0.1, 0.15) is 11.1 Å². The molecule has 6 nitrogen and oxygen atoms in total. The lowest BCUT2D eigenvalue weighted by Gasteiger charge is -2.16. The fourth-order valence-electron chi connectivity index (χ4n) is 2.92. The zero-order valence-electron chi connectivity index (χ0n) is 14.6. The fourth-order valence-corrected chi connectivity index (χ4v) is 3.27. The molecular weight excluding hydrogens is 404 g/mol. The zero-order valence-corrected chi connectivity index (χ0v) is 16.1. The largest absolute Gasteiger partial charge is 0.325 e. The van der Waals surface area contributed by atoms with Crippen LogP contribution in [-0.2, 0) is 6.54 Å². The topological polar surface area (TPSA) is 75.6 Å².